The average molecular weight is 271 g/mol. The first-order valence-electron chi connectivity index (χ1n) is 6.06. The van der Waals surface area contributed by atoms with Crippen LogP contribution in [-0.4, -0.2) is 25.3 Å². The van der Waals surface area contributed by atoms with Crippen LogP contribution >= 0.6 is 0 Å². The maximum atomic E-state index is 12.6. The van der Waals surface area contributed by atoms with Crippen molar-refractivity contribution in [3.63, 3.8) is 0 Å². The molecule has 5 nitrogen and oxygen atoms in total. The topological polar surface area (TPSA) is 75.4 Å². The number of benzene rings is 1. The molecule has 1 atom stereocenters. The molecule has 0 radical (unpaired) electrons. The van der Waals surface area contributed by atoms with Crippen LogP contribution in [0.15, 0.2) is 29.2 Å². The molecule has 18 heavy (non-hydrogen) atoms. The van der Waals surface area contributed by atoms with Crippen LogP contribution in [0.3, 0.4) is 0 Å². The third kappa shape index (κ3) is 2.82. The number of nitrogens with one attached hydrogen (secondary N) is 1. The Morgan fingerprint density at radius 3 is 2.44 bits per heavy atom. The van der Waals surface area contributed by atoms with Gasteiger partial charge in [-0.3, -0.25) is 5.84 Å². The Morgan fingerprint density at radius 2 is 1.94 bits per heavy atom. The van der Waals surface area contributed by atoms with Gasteiger partial charge in [0, 0.05) is 12.6 Å². The number of para-hydroxylation sites is 1. The van der Waals surface area contributed by atoms with Crippen LogP contribution in [-0.2, 0) is 10.0 Å². The zero-order chi connectivity index (χ0) is 13.8. The molecule has 0 aliphatic carbocycles. The second-order valence-corrected chi connectivity index (χ2v) is 5.97. The highest BCUT2D eigenvalue weighted by Gasteiger charge is 2.28. The second kappa shape index (κ2) is 6.17. The molecule has 1 aromatic rings. The van der Waals surface area contributed by atoms with Crippen molar-refractivity contribution in [3.8, 4) is 0 Å². The normalized spacial score (nSPS) is 13.6. The van der Waals surface area contributed by atoms with Crippen LogP contribution in [0.4, 0.5) is 5.69 Å². The average Bonchev–Trinajstić information content (AvgIpc) is 2.38. The number of hydrazine groups is 1. The first-order valence-corrected chi connectivity index (χ1v) is 7.50. The van der Waals surface area contributed by atoms with Crippen LogP contribution in [0.2, 0.25) is 0 Å². The highest BCUT2D eigenvalue weighted by molar-refractivity contribution is 7.89. The summed E-state index contributed by atoms with van der Waals surface area (Å²) in [6.07, 6.45) is 0.769. The van der Waals surface area contributed by atoms with E-state index in [4.69, 9.17) is 5.84 Å². The molecule has 1 unspecified atom stereocenters. The minimum Gasteiger partial charge on any atom is -0.323 e. The maximum absolute atomic E-state index is 12.6. The van der Waals surface area contributed by atoms with Crippen molar-refractivity contribution in [3.05, 3.63) is 24.3 Å². The Balaban J connectivity index is 3.27. The van der Waals surface area contributed by atoms with Gasteiger partial charge in [0.15, 0.2) is 0 Å². The van der Waals surface area contributed by atoms with Gasteiger partial charge in [-0.25, -0.2) is 8.42 Å². The number of hydrogen-bond acceptors (Lipinski definition) is 4. The maximum Gasteiger partial charge on any atom is 0.245 e. The highest BCUT2D eigenvalue weighted by Crippen LogP contribution is 2.25. The SMILES string of the molecule is CCC(C)N(CC)S(=O)(=O)c1ccccc1NN. The molecule has 0 fully saturated rings. The summed E-state index contributed by atoms with van der Waals surface area (Å²) in [6, 6.07) is 6.62. The fourth-order valence-corrected chi connectivity index (χ4v) is 3.73. The molecule has 0 bridgehead atoms. The first kappa shape index (κ1) is 14.9. The van der Waals surface area contributed by atoms with E-state index in [0.29, 0.717) is 12.2 Å². The summed E-state index contributed by atoms with van der Waals surface area (Å²) < 4.78 is 26.6. The van der Waals surface area contributed by atoms with Gasteiger partial charge in [0.1, 0.15) is 4.90 Å². The van der Waals surface area contributed by atoms with E-state index in [1.807, 2.05) is 20.8 Å². The van der Waals surface area contributed by atoms with E-state index < -0.39 is 10.0 Å². The van der Waals surface area contributed by atoms with Gasteiger partial charge in [0.25, 0.3) is 0 Å². The summed E-state index contributed by atoms with van der Waals surface area (Å²) in [5.41, 5.74) is 2.85. The van der Waals surface area contributed by atoms with E-state index in [-0.39, 0.29) is 10.9 Å². The molecular weight excluding hydrogens is 250 g/mol. The lowest BCUT2D eigenvalue weighted by Gasteiger charge is -2.27. The monoisotopic (exact) mass is 271 g/mol. The van der Waals surface area contributed by atoms with Crippen LogP contribution in [0.1, 0.15) is 27.2 Å². The largest absolute Gasteiger partial charge is 0.323 e. The standard InChI is InChI=1S/C12H21N3O2S/c1-4-10(3)15(5-2)18(16,17)12-9-7-6-8-11(12)14-13/h6-10,14H,4-5,13H2,1-3H3. The molecule has 0 aromatic heterocycles. The number of nitrogens with two attached hydrogens (primary N) is 1. The van der Waals surface area contributed by atoms with E-state index in [9.17, 15) is 8.42 Å². The van der Waals surface area contributed by atoms with Crippen LogP contribution in [0, 0.1) is 0 Å². The quantitative estimate of drug-likeness (QED) is 0.611. The third-order valence-electron chi connectivity index (χ3n) is 3.02. The molecule has 0 spiro atoms. The van der Waals surface area contributed by atoms with Gasteiger partial charge in [0.05, 0.1) is 5.69 Å². The highest BCUT2D eigenvalue weighted by atomic mass is 32.2. The number of sulfonamides is 1. The molecule has 3 N–H and O–H groups in total. The smallest absolute Gasteiger partial charge is 0.245 e. The Hall–Kier alpha value is -1.11. The molecule has 1 rings (SSSR count). The molecule has 0 saturated carbocycles. The van der Waals surface area contributed by atoms with E-state index >= 15 is 0 Å². The van der Waals surface area contributed by atoms with Gasteiger partial charge in [0.2, 0.25) is 10.0 Å². The first-order chi connectivity index (χ1) is 8.48. The fourth-order valence-electron chi connectivity index (χ4n) is 1.86. The zero-order valence-corrected chi connectivity index (χ0v) is 11.9. The molecule has 0 amide bonds. The third-order valence-corrected chi connectivity index (χ3v) is 5.17. The predicted octanol–water partition coefficient (Wildman–Crippen LogP) is 1.78. The summed E-state index contributed by atoms with van der Waals surface area (Å²) in [5, 5.41) is 0. The van der Waals surface area contributed by atoms with Crippen molar-refractivity contribution in [2.24, 2.45) is 5.84 Å². The van der Waals surface area contributed by atoms with Crippen molar-refractivity contribution in [1.82, 2.24) is 4.31 Å². The minimum atomic E-state index is -3.51. The van der Waals surface area contributed by atoms with E-state index in [1.54, 1.807) is 24.3 Å². The van der Waals surface area contributed by atoms with E-state index in [0.717, 1.165) is 6.42 Å². The lowest BCUT2D eigenvalue weighted by Crippen LogP contribution is -2.38. The van der Waals surface area contributed by atoms with Gasteiger partial charge in [-0.2, -0.15) is 4.31 Å². The predicted molar refractivity (Wildman–Crippen MR) is 73.6 cm³/mol. The molecule has 0 aliphatic heterocycles. The van der Waals surface area contributed by atoms with Gasteiger partial charge in [-0.1, -0.05) is 26.0 Å². The molecule has 0 aliphatic rings. The van der Waals surface area contributed by atoms with Gasteiger partial charge >= 0.3 is 0 Å². The second-order valence-electron chi connectivity index (χ2n) is 4.11. The van der Waals surface area contributed by atoms with Gasteiger partial charge in [-0.15, -0.1) is 0 Å². The Bertz CT molecular complexity index is 488. The summed E-state index contributed by atoms with van der Waals surface area (Å²) in [6.45, 7) is 6.15. The molecule has 6 heteroatoms. The summed E-state index contributed by atoms with van der Waals surface area (Å²) in [5.74, 6) is 5.36. The van der Waals surface area contributed by atoms with Crippen molar-refractivity contribution in [2.45, 2.75) is 38.1 Å². The van der Waals surface area contributed by atoms with Crippen LogP contribution in [0.5, 0.6) is 0 Å². The van der Waals surface area contributed by atoms with Crippen LogP contribution < -0.4 is 11.3 Å². The van der Waals surface area contributed by atoms with Crippen molar-refractivity contribution < 1.29 is 8.42 Å². The summed E-state index contributed by atoms with van der Waals surface area (Å²) in [7, 11) is -3.51. The van der Waals surface area contributed by atoms with Crippen molar-refractivity contribution in [2.75, 3.05) is 12.0 Å². The minimum absolute atomic E-state index is 0.0363. The molecule has 0 saturated heterocycles. The van der Waals surface area contributed by atoms with Crippen molar-refractivity contribution in [1.29, 1.82) is 0 Å². The zero-order valence-electron chi connectivity index (χ0n) is 11.1. The lowest BCUT2D eigenvalue weighted by molar-refractivity contribution is 0.342. The summed E-state index contributed by atoms with van der Waals surface area (Å²) >= 11 is 0. The Labute approximate surface area is 109 Å². The Kier molecular flexibility index (Phi) is 5.13. The molecule has 102 valence electrons. The lowest BCUT2D eigenvalue weighted by atomic mass is 10.3. The van der Waals surface area contributed by atoms with E-state index in [2.05, 4.69) is 5.43 Å². The number of anilines is 1. The number of nitrogens with zero attached hydrogens (tertiary/aromatic N) is 1. The van der Waals surface area contributed by atoms with Crippen molar-refractivity contribution >= 4 is 15.7 Å². The molecule has 1 aromatic carbocycles. The molecule has 0 heterocycles. The van der Waals surface area contributed by atoms with Gasteiger partial charge < -0.3 is 5.43 Å². The summed E-state index contributed by atoms with van der Waals surface area (Å²) in [4.78, 5) is 0.217. The van der Waals surface area contributed by atoms with E-state index in [1.165, 1.54) is 4.31 Å². The van der Waals surface area contributed by atoms with Crippen LogP contribution in [0.25, 0.3) is 0 Å². The number of rotatable bonds is 6. The molecular formula is C12H21N3O2S. The Morgan fingerprint density at radius 1 is 1.33 bits per heavy atom. The number of nitrogen functional groups attached to an aromatic ring is 1. The number of hydrogen-bond donors (Lipinski definition) is 2. The van der Waals surface area contributed by atoms with Gasteiger partial charge in [-0.05, 0) is 25.5 Å². The fraction of sp³-hybridized carbons (Fsp3) is 0.500.